The molecule has 82 valence electrons. The van der Waals surface area contributed by atoms with Crippen molar-refractivity contribution in [3.63, 3.8) is 0 Å². The van der Waals surface area contributed by atoms with Gasteiger partial charge >= 0.3 is 0 Å². The van der Waals surface area contributed by atoms with Crippen molar-refractivity contribution in [3.8, 4) is 0 Å². The molecule has 5 nitrogen and oxygen atoms in total. The van der Waals surface area contributed by atoms with Gasteiger partial charge in [-0.3, -0.25) is 4.40 Å². The highest BCUT2D eigenvalue weighted by molar-refractivity contribution is 7.99. The molecule has 3 rings (SSSR count). The molecule has 7 heteroatoms. The molecule has 2 N–H and O–H groups in total. The van der Waals surface area contributed by atoms with Crippen LogP contribution in [0.2, 0.25) is 0 Å². The molecule has 0 atom stereocenters. The minimum absolute atomic E-state index is 0.0268. The molecule has 16 heavy (non-hydrogen) atoms. The van der Waals surface area contributed by atoms with E-state index in [0.717, 1.165) is 20.8 Å². The van der Waals surface area contributed by atoms with E-state index in [1.165, 1.54) is 11.8 Å². The number of fused-ring (bicyclic) bond motifs is 1. The van der Waals surface area contributed by atoms with Gasteiger partial charge in [0.05, 0.1) is 12.3 Å². The van der Waals surface area contributed by atoms with Gasteiger partial charge in [0.15, 0.2) is 10.1 Å². The maximum absolute atomic E-state index is 9.35. The van der Waals surface area contributed by atoms with E-state index in [4.69, 9.17) is 0 Å². The van der Waals surface area contributed by atoms with E-state index >= 15 is 0 Å². The number of hydrogen-bond acceptors (Lipinski definition) is 5. The van der Waals surface area contributed by atoms with Crippen LogP contribution in [-0.4, -0.2) is 24.5 Å². The SMILES string of the molecule is OCc1c(Sc2ncc[nH]2)nc2sccn12. The monoisotopic (exact) mass is 252 g/mol. The summed E-state index contributed by atoms with van der Waals surface area (Å²) in [5, 5.41) is 12.9. The highest BCUT2D eigenvalue weighted by Crippen LogP contribution is 2.29. The van der Waals surface area contributed by atoms with Gasteiger partial charge in [-0.15, -0.1) is 11.3 Å². The standard InChI is InChI=1S/C9H8N4OS2/c14-5-6-7(16-8-10-1-2-11-8)12-9-13(6)3-4-15-9/h1-4,14H,5H2,(H,10,11). The quantitative estimate of drug-likeness (QED) is 0.745. The number of H-pyrrole nitrogens is 1. The average molecular weight is 252 g/mol. The molecule has 0 aromatic carbocycles. The van der Waals surface area contributed by atoms with Gasteiger partial charge in [0, 0.05) is 24.0 Å². The highest BCUT2D eigenvalue weighted by Gasteiger charge is 2.14. The second-order valence-electron chi connectivity index (χ2n) is 3.07. The summed E-state index contributed by atoms with van der Waals surface area (Å²) >= 11 is 2.97. The number of aliphatic hydroxyl groups is 1. The van der Waals surface area contributed by atoms with Crippen LogP contribution in [0.1, 0.15) is 5.69 Å². The normalized spacial score (nSPS) is 11.3. The van der Waals surface area contributed by atoms with E-state index < -0.39 is 0 Å². The first-order chi connectivity index (χ1) is 7.88. The molecule has 3 aromatic rings. The molecular weight excluding hydrogens is 244 g/mol. The van der Waals surface area contributed by atoms with Crippen LogP contribution < -0.4 is 0 Å². The van der Waals surface area contributed by atoms with Gasteiger partial charge in [-0.1, -0.05) is 0 Å². The van der Waals surface area contributed by atoms with E-state index in [1.54, 1.807) is 23.7 Å². The molecular formula is C9H8N4OS2. The van der Waals surface area contributed by atoms with Crippen molar-refractivity contribution in [2.24, 2.45) is 0 Å². The Morgan fingerprint density at radius 3 is 3.25 bits per heavy atom. The van der Waals surface area contributed by atoms with Gasteiger partial charge in [0.25, 0.3) is 0 Å². The lowest BCUT2D eigenvalue weighted by Crippen LogP contribution is -1.90. The lowest BCUT2D eigenvalue weighted by molar-refractivity contribution is 0.272. The second kappa shape index (κ2) is 3.93. The van der Waals surface area contributed by atoms with Crippen molar-refractivity contribution in [1.29, 1.82) is 0 Å². The van der Waals surface area contributed by atoms with Crippen molar-refractivity contribution < 1.29 is 5.11 Å². The number of hydrogen-bond donors (Lipinski definition) is 2. The Bertz CT molecular complexity index is 598. The van der Waals surface area contributed by atoms with Gasteiger partial charge in [0.2, 0.25) is 0 Å². The zero-order valence-corrected chi connectivity index (χ0v) is 9.75. The zero-order chi connectivity index (χ0) is 11.0. The number of nitrogens with zero attached hydrogens (tertiary/aromatic N) is 3. The third-order valence-corrected chi connectivity index (χ3v) is 3.83. The molecule has 0 fully saturated rings. The highest BCUT2D eigenvalue weighted by atomic mass is 32.2. The molecule has 0 aliphatic heterocycles. The summed E-state index contributed by atoms with van der Waals surface area (Å²) in [7, 11) is 0. The van der Waals surface area contributed by atoms with Crippen LogP contribution in [0.15, 0.2) is 34.2 Å². The summed E-state index contributed by atoms with van der Waals surface area (Å²) in [5.41, 5.74) is 0.803. The van der Waals surface area contributed by atoms with Crippen LogP contribution in [0, 0.1) is 0 Å². The predicted molar refractivity (Wildman–Crippen MR) is 61.7 cm³/mol. The summed E-state index contributed by atoms with van der Waals surface area (Å²) in [4.78, 5) is 12.4. The van der Waals surface area contributed by atoms with E-state index in [2.05, 4.69) is 15.0 Å². The Hall–Kier alpha value is -1.31. The summed E-state index contributed by atoms with van der Waals surface area (Å²) in [6, 6.07) is 0. The fraction of sp³-hybridized carbons (Fsp3) is 0.111. The number of imidazole rings is 2. The Morgan fingerprint density at radius 2 is 2.50 bits per heavy atom. The first-order valence-electron chi connectivity index (χ1n) is 4.61. The third kappa shape index (κ3) is 1.53. The number of aromatic nitrogens is 4. The molecule has 0 unspecified atom stereocenters. The van der Waals surface area contributed by atoms with E-state index in [-0.39, 0.29) is 6.61 Å². The Kier molecular flexibility index (Phi) is 2.43. The lowest BCUT2D eigenvalue weighted by Gasteiger charge is -1.97. The number of aliphatic hydroxyl groups excluding tert-OH is 1. The van der Waals surface area contributed by atoms with Crippen LogP contribution in [0.5, 0.6) is 0 Å². The van der Waals surface area contributed by atoms with E-state index in [0.29, 0.717) is 0 Å². The fourth-order valence-corrected chi connectivity index (χ4v) is 3.06. The van der Waals surface area contributed by atoms with E-state index in [1.807, 2.05) is 16.0 Å². The average Bonchev–Trinajstić information content (AvgIpc) is 2.93. The molecule has 0 bridgehead atoms. The van der Waals surface area contributed by atoms with Crippen LogP contribution in [0.4, 0.5) is 0 Å². The van der Waals surface area contributed by atoms with Crippen LogP contribution in [0.25, 0.3) is 4.96 Å². The minimum Gasteiger partial charge on any atom is -0.390 e. The summed E-state index contributed by atoms with van der Waals surface area (Å²) < 4.78 is 1.90. The van der Waals surface area contributed by atoms with Crippen LogP contribution >= 0.6 is 23.1 Å². The van der Waals surface area contributed by atoms with Gasteiger partial charge in [-0.2, -0.15) is 0 Å². The molecule has 0 amide bonds. The fourth-order valence-electron chi connectivity index (χ4n) is 1.44. The molecule has 0 saturated heterocycles. The molecule has 3 heterocycles. The minimum atomic E-state index is -0.0268. The lowest BCUT2D eigenvalue weighted by atomic mass is 10.5. The molecule has 0 spiro atoms. The van der Waals surface area contributed by atoms with Gasteiger partial charge < -0.3 is 10.1 Å². The Morgan fingerprint density at radius 1 is 1.56 bits per heavy atom. The zero-order valence-electron chi connectivity index (χ0n) is 8.12. The topological polar surface area (TPSA) is 66.2 Å². The molecule has 0 saturated carbocycles. The molecule has 0 aliphatic rings. The number of rotatable bonds is 3. The molecule has 0 radical (unpaired) electrons. The number of nitrogens with one attached hydrogen (secondary N) is 1. The van der Waals surface area contributed by atoms with Gasteiger partial charge in [-0.05, 0) is 11.8 Å². The Balaban J connectivity index is 2.05. The van der Waals surface area contributed by atoms with E-state index in [9.17, 15) is 5.11 Å². The summed E-state index contributed by atoms with van der Waals surface area (Å²) in [5.74, 6) is 0. The first kappa shape index (κ1) is 9.88. The number of thiazole rings is 1. The van der Waals surface area contributed by atoms with Crippen molar-refractivity contribution >= 4 is 28.1 Å². The van der Waals surface area contributed by atoms with Crippen molar-refractivity contribution in [1.82, 2.24) is 19.4 Å². The van der Waals surface area contributed by atoms with Crippen molar-refractivity contribution in [3.05, 3.63) is 29.7 Å². The summed E-state index contributed by atoms with van der Waals surface area (Å²) in [6.45, 7) is -0.0268. The van der Waals surface area contributed by atoms with Gasteiger partial charge in [-0.25, -0.2) is 9.97 Å². The van der Waals surface area contributed by atoms with Crippen molar-refractivity contribution in [2.45, 2.75) is 16.8 Å². The largest absolute Gasteiger partial charge is 0.390 e. The third-order valence-electron chi connectivity index (χ3n) is 2.14. The van der Waals surface area contributed by atoms with Crippen molar-refractivity contribution in [2.75, 3.05) is 0 Å². The van der Waals surface area contributed by atoms with Crippen LogP contribution in [-0.2, 0) is 6.61 Å². The second-order valence-corrected chi connectivity index (χ2v) is 4.92. The summed E-state index contributed by atoms with van der Waals surface area (Å²) in [6.07, 6.45) is 5.36. The smallest absolute Gasteiger partial charge is 0.195 e. The Labute approximate surface area is 99.2 Å². The van der Waals surface area contributed by atoms with Gasteiger partial charge in [0.1, 0.15) is 5.03 Å². The molecule has 0 aliphatic carbocycles. The predicted octanol–water partition coefficient (Wildman–Crippen LogP) is 1.76. The van der Waals surface area contributed by atoms with Crippen LogP contribution in [0.3, 0.4) is 0 Å². The molecule has 3 aromatic heterocycles. The first-order valence-corrected chi connectivity index (χ1v) is 6.30. The number of aromatic amines is 1. The maximum atomic E-state index is 9.35. The maximum Gasteiger partial charge on any atom is 0.195 e.